The topological polar surface area (TPSA) is 81.7 Å². The van der Waals surface area contributed by atoms with Gasteiger partial charge in [-0.15, -0.1) is 0 Å². The minimum absolute atomic E-state index is 0.0500. The van der Waals surface area contributed by atoms with E-state index in [1.54, 1.807) is 6.92 Å². The van der Waals surface area contributed by atoms with Gasteiger partial charge in [-0.25, -0.2) is 4.79 Å². The largest absolute Gasteiger partial charge is 0.469 e. The summed E-state index contributed by atoms with van der Waals surface area (Å²) in [5, 5.41) is 2.91. The third-order valence-electron chi connectivity index (χ3n) is 5.99. The van der Waals surface area contributed by atoms with E-state index in [0.717, 1.165) is 16.7 Å². The Bertz CT molecular complexity index is 1000. The molecule has 1 amide bonds. The summed E-state index contributed by atoms with van der Waals surface area (Å²) in [5.74, 6) is -2.06. The van der Waals surface area contributed by atoms with Crippen LogP contribution in [0.2, 0.25) is 0 Å². The van der Waals surface area contributed by atoms with Crippen LogP contribution in [-0.4, -0.2) is 38.1 Å². The molecule has 3 rings (SSSR count). The summed E-state index contributed by atoms with van der Waals surface area (Å²) in [6.45, 7) is 1.70. The van der Waals surface area contributed by atoms with Gasteiger partial charge >= 0.3 is 11.9 Å². The molecule has 3 aromatic rings. The molecule has 6 heteroatoms. The van der Waals surface area contributed by atoms with E-state index >= 15 is 0 Å². The lowest BCUT2D eigenvalue weighted by molar-refractivity contribution is -0.148. The number of carbonyl (C=O) groups is 3. The van der Waals surface area contributed by atoms with Crippen LogP contribution in [-0.2, 0) is 29.3 Å². The molecule has 0 saturated carbocycles. The molecule has 0 bridgehead atoms. The molecule has 6 nitrogen and oxygen atoms in total. The Kier molecular flexibility index (Phi) is 8.19. The van der Waals surface area contributed by atoms with E-state index in [-0.39, 0.29) is 6.42 Å². The molecule has 0 aliphatic rings. The number of ether oxygens (including phenoxy) is 2. The van der Waals surface area contributed by atoms with Crippen molar-refractivity contribution in [2.45, 2.75) is 24.8 Å². The Hall–Kier alpha value is -3.93. The summed E-state index contributed by atoms with van der Waals surface area (Å²) in [5.41, 5.74) is 0.985. The standard InChI is InChI=1S/C28H29NO5/c1-20(19-24(30)33-2)25(26(31)34-3)29-27(32)28(21-13-7-4-8-14-21,22-15-9-5-10-16-22)23-17-11-6-12-18-23/h4-18,20,25H,19H2,1-3H3,(H,29,32)/t20-,25-/m0/s1. The Morgan fingerprint density at radius 1 is 0.735 bits per heavy atom. The van der Waals surface area contributed by atoms with Gasteiger partial charge in [0.15, 0.2) is 0 Å². The number of hydrogen-bond donors (Lipinski definition) is 1. The molecule has 0 saturated heterocycles. The fraction of sp³-hybridized carbons (Fsp3) is 0.250. The smallest absolute Gasteiger partial charge is 0.328 e. The highest BCUT2D eigenvalue weighted by Crippen LogP contribution is 2.39. The van der Waals surface area contributed by atoms with Crippen LogP contribution in [0, 0.1) is 5.92 Å². The zero-order chi connectivity index (χ0) is 24.6. The minimum atomic E-state index is -1.25. The molecular formula is C28H29NO5. The second kappa shape index (κ2) is 11.3. The van der Waals surface area contributed by atoms with Gasteiger partial charge in [0.25, 0.3) is 0 Å². The summed E-state index contributed by atoms with van der Waals surface area (Å²) < 4.78 is 9.73. The van der Waals surface area contributed by atoms with E-state index in [9.17, 15) is 14.4 Å². The number of amides is 1. The predicted molar refractivity (Wildman–Crippen MR) is 129 cm³/mol. The van der Waals surface area contributed by atoms with Crippen molar-refractivity contribution < 1.29 is 23.9 Å². The third-order valence-corrected chi connectivity index (χ3v) is 5.99. The van der Waals surface area contributed by atoms with Crippen molar-refractivity contribution in [2.75, 3.05) is 14.2 Å². The van der Waals surface area contributed by atoms with Gasteiger partial charge in [-0.3, -0.25) is 9.59 Å². The van der Waals surface area contributed by atoms with Crippen molar-refractivity contribution in [3.8, 4) is 0 Å². The summed E-state index contributed by atoms with van der Waals surface area (Å²) in [4.78, 5) is 38.9. The molecule has 2 atom stereocenters. The van der Waals surface area contributed by atoms with Crippen molar-refractivity contribution in [1.29, 1.82) is 0 Å². The molecule has 3 aromatic carbocycles. The molecule has 34 heavy (non-hydrogen) atoms. The maximum atomic E-state index is 14.3. The van der Waals surface area contributed by atoms with E-state index in [1.165, 1.54) is 14.2 Å². The summed E-state index contributed by atoms with van der Waals surface area (Å²) in [7, 11) is 2.54. The van der Waals surface area contributed by atoms with Gasteiger partial charge in [0.1, 0.15) is 11.5 Å². The Labute approximate surface area is 199 Å². The first-order valence-corrected chi connectivity index (χ1v) is 11.1. The van der Waals surface area contributed by atoms with Crippen LogP contribution in [0.1, 0.15) is 30.0 Å². The summed E-state index contributed by atoms with van der Waals surface area (Å²) >= 11 is 0. The van der Waals surface area contributed by atoms with Gasteiger partial charge < -0.3 is 14.8 Å². The minimum Gasteiger partial charge on any atom is -0.469 e. The Morgan fingerprint density at radius 3 is 1.50 bits per heavy atom. The lowest BCUT2D eigenvalue weighted by atomic mass is 9.68. The monoisotopic (exact) mass is 459 g/mol. The van der Waals surface area contributed by atoms with E-state index in [2.05, 4.69) is 5.32 Å². The fourth-order valence-corrected chi connectivity index (χ4v) is 4.23. The quantitative estimate of drug-likeness (QED) is 0.388. The molecule has 176 valence electrons. The molecule has 1 N–H and O–H groups in total. The van der Waals surface area contributed by atoms with Crippen molar-refractivity contribution in [3.63, 3.8) is 0 Å². The van der Waals surface area contributed by atoms with Gasteiger partial charge in [-0.1, -0.05) is 97.9 Å². The Morgan fingerprint density at radius 2 is 1.15 bits per heavy atom. The molecule has 0 fully saturated rings. The van der Waals surface area contributed by atoms with Crippen LogP contribution >= 0.6 is 0 Å². The number of benzene rings is 3. The van der Waals surface area contributed by atoms with E-state index in [4.69, 9.17) is 9.47 Å². The molecule has 0 unspecified atom stereocenters. The highest BCUT2D eigenvalue weighted by atomic mass is 16.5. The number of carbonyl (C=O) groups excluding carboxylic acids is 3. The average Bonchev–Trinajstić information content (AvgIpc) is 2.89. The van der Waals surface area contributed by atoms with Gasteiger partial charge in [0, 0.05) is 0 Å². The van der Waals surface area contributed by atoms with Crippen LogP contribution in [0.3, 0.4) is 0 Å². The van der Waals surface area contributed by atoms with Crippen LogP contribution in [0.15, 0.2) is 91.0 Å². The first kappa shape index (κ1) is 24.7. The SMILES string of the molecule is COC(=O)C[C@H](C)[C@H](NC(=O)C(c1ccccc1)(c1ccccc1)c1ccccc1)C(=O)OC. The highest BCUT2D eigenvalue weighted by molar-refractivity contribution is 5.98. The zero-order valence-corrected chi connectivity index (χ0v) is 19.6. The number of methoxy groups -OCH3 is 2. The van der Waals surface area contributed by atoms with Crippen molar-refractivity contribution in [3.05, 3.63) is 108 Å². The summed E-state index contributed by atoms with van der Waals surface area (Å²) in [6, 6.07) is 27.2. The predicted octanol–water partition coefficient (Wildman–Crippen LogP) is 3.88. The van der Waals surface area contributed by atoms with Crippen LogP contribution < -0.4 is 5.32 Å². The van der Waals surface area contributed by atoms with E-state index in [0.29, 0.717) is 0 Å². The molecule has 0 radical (unpaired) electrons. The lowest BCUT2D eigenvalue weighted by Gasteiger charge is -2.36. The number of hydrogen-bond acceptors (Lipinski definition) is 5. The van der Waals surface area contributed by atoms with Crippen molar-refractivity contribution >= 4 is 17.8 Å². The maximum Gasteiger partial charge on any atom is 0.328 e. The fourth-order valence-electron chi connectivity index (χ4n) is 4.23. The van der Waals surface area contributed by atoms with Crippen LogP contribution in [0.25, 0.3) is 0 Å². The second-order valence-electron chi connectivity index (χ2n) is 8.08. The van der Waals surface area contributed by atoms with Gasteiger partial charge in [-0.2, -0.15) is 0 Å². The summed E-state index contributed by atoms with van der Waals surface area (Å²) in [6.07, 6.45) is -0.0500. The van der Waals surface area contributed by atoms with Gasteiger partial charge in [-0.05, 0) is 22.6 Å². The number of nitrogens with one attached hydrogen (secondary N) is 1. The normalized spacial score (nSPS) is 12.8. The van der Waals surface area contributed by atoms with E-state index < -0.39 is 35.2 Å². The Balaban J connectivity index is 2.18. The lowest BCUT2D eigenvalue weighted by Crippen LogP contribution is -2.54. The van der Waals surface area contributed by atoms with Gasteiger partial charge in [0.05, 0.1) is 20.6 Å². The molecule has 0 aromatic heterocycles. The number of esters is 2. The molecule has 0 aliphatic carbocycles. The maximum absolute atomic E-state index is 14.3. The first-order chi connectivity index (χ1) is 16.4. The van der Waals surface area contributed by atoms with Crippen molar-refractivity contribution in [2.24, 2.45) is 5.92 Å². The third kappa shape index (κ3) is 5.01. The first-order valence-electron chi connectivity index (χ1n) is 11.1. The van der Waals surface area contributed by atoms with Crippen LogP contribution in [0.4, 0.5) is 0 Å². The second-order valence-corrected chi connectivity index (χ2v) is 8.08. The van der Waals surface area contributed by atoms with Crippen LogP contribution in [0.5, 0.6) is 0 Å². The molecule has 0 spiro atoms. The molecule has 0 aliphatic heterocycles. The van der Waals surface area contributed by atoms with Crippen molar-refractivity contribution in [1.82, 2.24) is 5.32 Å². The average molecular weight is 460 g/mol. The zero-order valence-electron chi connectivity index (χ0n) is 19.6. The molecule has 0 heterocycles. The highest BCUT2D eigenvalue weighted by Gasteiger charge is 2.45. The number of rotatable bonds is 9. The molecular weight excluding hydrogens is 430 g/mol. The van der Waals surface area contributed by atoms with E-state index in [1.807, 2.05) is 91.0 Å². The van der Waals surface area contributed by atoms with Gasteiger partial charge in [0.2, 0.25) is 5.91 Å².